The summed E-state index contributed by atoms with van der Waals surface area (Å²) in [5.74, 6) is 0. The van der Waals surface area contributed by atoms with Gasteiger partial charge in [0.25, 0.3) is 0 Å². The van der Waals surface area contributed by atoms with Crippen LogP contribution in [0.5, 0.6) is 0 Å². The van der Waals surface area contributed by atoms with Crippen molar-refractivity contribution in [2.45, 2.75) is 13.8 Å². The molecule has 28 heavy (non-hydrogen) atoms. The summed E-state index contributed by atoms with van der Waals surface area (Å²) >= 11 is 0. The molecule has 6 aromatic rings. The van der Waals surface area contributed by atoms with Crippen LogP contribution in [0.4, 0.5) is 0 Å². The second-order valence-corrected chi connectivity index (χ2v) is 7.63. The van der Waals surface area contributed by atoms with Crippen LogP contribution in [0.3, 0.4) is 0 Å². The van der Waals surface area contributed by atoms with Crippen LogP contribution < -0.4 is 0 Å². The van der Waals surface area contributed by atoms with E-state index in [4.69, 9.17) is 8.83 Å². The molecule has 0 aliphatic heterocycles. The standard InChI is InChI=1S/C26H18O2/c1-15-3-7-19-21-9-5-17(13-25(21)27-23(19)11-15)18-6-10-22-20-8-4-16(2)12-24(20)28-26(22)14-18/h3-14H,1-2H3. The number of benzene rings is 4. The average Bonchev–Trinajstić information content (AvgIpc) is 3.23. The molecule has 2 aromatic heterocycles. The molecule has 0 amide bonds. The molecule has 0 N–H and O–H groups in total. The number of rotatable bonds is 1. The Labute approximate surface area is 162 Å². The molecular formula is C26H18O2. The molecule has 0 unspecified atom stereocenters. The summed E-state index contributed by atoms with van der Waals surface area (Å²) in [5.41, 5.74) is 8.38. The molecule has 0 atom stereocenters. The van der Waals surface area contributed by atoms with Crippen molar-refractivity contribution in [3.05, 3.63) is 83.9 Å². The summed E-state index contributed by atoms with van der Waals surface area (Å²) in [4.78, 5) is 0. The third-order valence-corrected chi connectivity index (χ3v) is 5.59. The quantitative estimate of drug-likeness (QED) is 0.299. The average molecular weight is 362 g/mol. The first-order chi connectivity index (χ1) is 13.7. The van der Waals surface area contributed by atoms with Gasteiger partial charge in [0.1, 0.15) is 22.3 Å². The lowest BCUT2D eigenvalue weighted by Gasteiger charge is -2.02. The summed E-state index contributed by atoms with van der Waals surface area (Å²) in [7, 11) is 0. The van der Waals surface area contributed by atoms with Crippen molar-refractivity contribution in [2.75, 3.05) is 0 Å². The van der Waals surface area contributed by atoms with Gasteiger partial charge in [0.15, 0.2) is 0 Å². The lowest BCUT2D eigenvalue weighted by atomic mass is 10.0. The fraction of sp³-hybridized carbons (Fsp3) is 0.0769. The van der Waals surface area contributed by atoms with Crippen LogP contribution in [-0.2, 0) is 0 Å². The Morgan fingerprint density at radius 3 is 1.21 bits per heavy atom. The van der Waals surface area contributed by atoms with Crippen LogP contribution in [0, 0.1) is 13.8 Å². The monoisotopic (exact) mass is 362 g/mol. The lowest BCUT2D eigenvalue weighted by molar-refractivity contribution is 0.667. The molecule has 0 spiro atoms. The molecule has 0 aliphatic rings. The van der Waals surface area contributed by atoms with Crippen molar-refractivity contribution in [1.82, 2.24) is 0 Å². The van der Waals surface area contributed by atoms with Gasteiger partial charge in [0, 0.05) is 21.5 Å². The van der Waals surface area contributed by atoms with Gasteiger partial charge in [0.2, 0.25) is 0 Å². The summed E-state index contributed by atoms with van der Waals surface area (Å²) in [6.07, 6.45) is 0. The van der Waals surface area contributed by atoms with Crippen molar-refractivity contribution in [2.24, 2.45) is 0 Å². The van der Waals surface area contributed by atoms with E-state index in [1.54, 1.807) is 0 Å². The lowest BCUT2D eigenvalue weighted by Crippen LogP contribution is -1.77. The van der Waals surface area contributed by atoms with E-state index in [1.807, 2.05) is 0 Å². The molecule has 4 aromatic carbocycles. The Bertz CT molecular complexity index is 1410. The molecule has 2 heterocycles. The van der Waals surface area contributed by atoms with E-state index < -0.39 is 0 Å². The molecule has 134 valence electrons. The molecule has 0 radical (unpaired) electrons. The Kier molecular flexibility index (Phi) is 3.05. The molecule has 2 heteroatoms. The normalized spacial score (nSPS) is 11.9. The first-order valence-electron chi connectivity index (χ1n) is 9.52. The second kappa shape index (κ2) is 5.49. The molecule has 0 saturated carbocycles. The first kappa shape index (κ1) is 15.5. The van der Waals surface area contributed by atoms with E-state index >= 15 is 0 Å². The van der Waals surface area contributed by atoms with Gasteiger partial charge in [-0.1, -0.05) is 36.4 Å². The maximum absolute atomic E-state index is 6.12. The molecule has 2 nitrogen and oxygen atoms in total. The third-order valence-electron chi connectivity index (χ3n) is 5.59. The SMILES string of the molecule is Cc1ccc2c(c1)oc1cc(-c3ccc4c(c3)oc3cc(C)ccc34)ccc12. The van der Waals surface area contributed by atoms with Crippen LogP contribution in [0.25, 0.3) is 55.0 Å². The van der Waals surface area contributed by atoms with Gasteiger partial charge in [-0.15, -0.1) is 0 Å². The minimum Gasteiger partial charge on any atom is -0.456 e. The van der Waals surface area contributed by atoms with Gasteiger partial charge in [-0.3, -0.25) is 0 Å². The summed E-state index contributed by atoms with van der Waals surface area (Å²) in [5, 5.41) is 4.63. The number of aryl methyl sites for hydroxylation is 2. The largest absolute Gasteiger partial charge is 0.456 e. The van der Waals surface area contributed by atoms with Gasteiger partial charge in [-0.25, -0.2) is 0 Å². The van der Waals surface area contributed by atoms with Gasteiger partial charge in [-0.2, -0.15) is 0 Å². The minimum atomic E-state index is 0.915. The van der Waals surface area contributed by atoms with Crippen molar-refractivity contribution < 1.29 is 8.83 Å². The van der Waals surface area contributed by atoms with E-state index in [9.17, 15) is 0 Å². The zero-order valence-corrected chi connectivity index (χ0v) is 15.7. The predicted octanol–water partition coefficient (Wildman–Crippen LogP) is 7.77. The molecule has 0 fully saturated rings. The smallest absolute Gasteiger partial charge is 0.136 e. The Morgan fingerprint density at radius 1 is 0.429 bits per heavy atom. The topological polar surface area (TPSA) is 26.3 Å². The van der Waals surface area contributed by atoms with E-state index in [1.165, 1.54) is 11.1 Å². The van der Waals surface area contributed by atoms with Crippen molar-refractivity contribution in [3.8, 4) is 11.1 Å². The zero-order valence-electron chi connectivity index (χ0n) is 15.7. The van der Waals surface area contributed by atoms with Crippen molar-refractivity contribution in [1.29, 1.82) is 0 Å². The molecule has 0 aliphatic carbocycles. The van der Waals surface area contributed by atoms with Crippen LogP contribution >= 0.6 is 0 Å². The highest BCUT2D eigenvalue weighted by molar-refractivity contribution is 6.08. The molecule has 0 saturated heterocycles. The van der Waals surface area contributed by atoms with E-state index in [0.717, 1.165) is 55.0 Å². The van der Waals surface area contributed by atoms with Crippen molar-refractivity contribution >= 4 is 43.9 Å². The predicted molar refractivity (Wildman–Crippen MR) is 116 cm³/mol. The van der Waals surface area contributed by atoms with E-state index in [2.05, 4.69) is 86.6 Å². The van der Waals surface area contributed by atoms with Crippen molar-refractivity contribution in [3.63, 3.8) is 0 Å². The highest BCUT2D eigenvalue weighted by Gasteiger charge is 2.11. The number of hydrogen-bond donors (Lipinski definition) is 0. The first-order valence-corrected chi connectivity index (χ1v) is 9.52. The minimum absolute atomic E-state index is 0.915. The highest BCUT2D eigenvalue weighted by Crippen LogP contribution is 2.35. The Morgan fingerprint density at radius 2 is 0.786 bits per heavy atom. The van der Waals surface area contributed by atoms with Crippen LogP contribution in [-0.4, -0.2) is 0 Å². The summed E-state index contributed by atoms with van der Waals surface area (Å²) in [6.45, 7) is 4.17. The van der Waals surface area contributed by atoms with E-state index in [0.29, 0.717) is 0 Å². The Hall–Kier alpha value is -3.52. The third kappa shape index (κ3) is 2.21. The zero-order chi connectivity index (χ0) is 18.8. The molecule has 6 rings (SSSR count). The summed E-state index contributed by atoms with van der Waals surface area (Å²) < 4.78 is 12.2. The van der Waals surface area contributed by atoms with Crippen LogP contribution in [0.15, 0.2) is 81.6 Å². The maximum Gasteiger partial charge on any atom is 0.136 e. The van der Waals surface area contributed by atoms with Crippen LogP contribution in [0.1, 0.15) is 11.1 Å². The molecule has 0 bridgehead atoms. The van der Waals surface area contributed by atoms with Gasteiger partial charge < -0.3 is 8.83 Å². The fourth-order valence-electron chi connectivity index (χ4n) is 4.13. The van der Waals surface area contributed by atoms with E-state index in [-0.39, 0.29) is 0 Å². The fourth-order valence-corrected chi connectivity index (χ4v) is 4.13. The second-order valence-electron chi connectivity index (χ2n) is 7.63. The molecular weight excluding hydrogens is 344 g/mol. The summed E-state index contributed by atoms with van der Waals surface area (Å²) in [6, 6.07) is 25.6. The van der Waals surface area contributed by atoms with Gasteiger partial charge in [0.05, 0.1) is 0 Å². The van der Waals surface area contributed by atoms with Gasteiger partial charge >= 0.3 is 0 Å². The highest BCUT2D eigenvalue weighted by atomic mass is 16.3. The van der Waals surface area contributed by atoms with Crippen LogP contribution in [0.2, 0.25) is 0 Å². The maximum atomic E-state index is 6.12. The number of fused-ring (bicyclic) bond motifs is 6. The number of hydrogen-bond acceptors (Lipinski definition) is 2. The Balaban J connectivity index is 1.54. The number of furan rings is 2. The van der Waals surface area contributed by atoms with Gasteiger partial charge in [-0.05, 0) is 72.5 Å².